The summed E-state index contributed by atoms with van der Waals surface area (Å²) < 4.78 is 75.1. The van der Waals surface area contributed by atoms with E-state index in [9.17, 15) is 26.4 Å². The van der Waals surface area contributed by atoms with Crippen molar-refractivity contribution in [2.45, 2.75) is 69.0 Å². The fraction of sp³-hybridized carbons (Fsp3) is 0.519. The summed E-state index contributed by atoms with van der Waals surface area (Å²) in [4.78, 5) is 15.0. The number of methoxy groups -OCH3 is 1. The van der Waals surface area contributed by atoms with Gasteiger partial charge in [0.2, 0.25) is 10.0 Å². The third kappa shape index (κ3) is 6.43. The lowest BCUT2D eigenvalue weighted by Gasteiger charge is -2.31. The van der Waals surface area contributed by atoms with Gasteiger partial charge in [-0.3, -0.25) is 4.79 Å². The van der Waals surface area contributed by atoms with Crippen LogP contribution in [0.4, 0.5) is 24.5 Å². The fourth-order valence-corrected chi connectivity index (χ4v) is 6.77. The summed E-state index contributed by atoms with van der Waals surface area (Å²) in [5.74, 6) is -0.469. The van der Waals surface area contributed by atoms with E-state index in [0.717, 1.165) is 57.1 Å². The highest BCUT2D eigenvalue weighted by molar-refractivity contribution is 7.89. The molecule has 208 valence electrons. The van der Waals surface area contributed by atoms with Crippen molar-refractivity contribution in [1.29, 1.82) is 0 Å². The Hall–Kier alpha value is -2.79. The molecule has 1 saturated carbocycles. The molecule has 0 bridgehead atoms. The van der Waals surface area contributed by atoms with Crippen LogP contribution in [0, 0.1) is 5.92 Å². The lowest BCUT2D eigenvalue weighted by molar-refractivity contribution is -0.137. The SMILES string of the molecule is COc1ccc(C(=O)Nc2cc(C(F)(F)F)ccc2N2CCCCC2)cc1S(=O)(=O)N[C@H]1CCCC[C@H]1C. The van der Waals surface area contributed by atoms with Crippen LogP contribution in [0.25, 0.3) is 0 Å². The number of carbonyl (C=O) groups is 1. The Morgan fingerprint density at radius 3 is 2.37 bits per heavy atom. The Morgan fingerprint density at radius 2 is 1.71 bits per heavy atom. The van der Waals surface area contributed by atoms with Gasteiger partial charge in [-0.05, 0) is 74.4 Å². The minimum atomic E-state index is -4.58. The molecule has 2 aromatic carbocycles. The molecular formula is C27H34F3N3O4S. The van der Waals surface area contributed by atoms with E-state index in [2.05, 4.69) is 10.0 Å². The average molecular weight is 554 g/mol. The fourth-order valence-electron chi connectivity index (χ4n) is 5.20. The second-order valence-electron chi connectivity index (χ2n) is 10.1. The Morgan fingerprint density at radius 1 is 1.00 bits per heavy atom. The molecule has 2 fully saturated rings. The second-order valence-corrected chi connectivity index (χ2v) is 11.8. The molecule has 0 spiro atoms. The summed E-state index contributed by atoms with van der Waals surface area (Å²) in [6.07, 6.45) is 1.88. The van der Waals surface area contributed by atoms with Crippen molar-refractivity contribution in [2.75, 3.05) is 30.4 Å². The maximum atomic E-state index is 13.5. The second kappa shape index (κ2) is 11.5. The Labute approximate surface area is 221 Å². The molecule has 1 aliphatic carbocycles. The lowest BCUT2D eigenvalue weighted by atomic mass is 9.87. The summed E-state index contributed by atoms with van der Waals surface area (Å²) in [5, 5.41) is 2.60. The molecule has 38 heavy (non-hydrogen) atoms. The highest BCUT2D eigenvalue weighted by atomic mass is 32.2. The largest absolute Gasteiger partial charge is 0.495 e. The lowest BCUT2D eigenvalue weighted by Crippen LogP contribution is -2.41. The van der Waals surface area contributed by atoms with Gasteiger partial charge in [0.05, 0.1) is 24.0 Å². The number of hydrogen-bond acceptors (Lipinski definition) is 5. The number of halogens is 3. The molecule has 2 N–H and O–H groups in total. The number of alkyl halides is 3. The summed E-state index contributed by atoms with van der Waals surface area (Å²) in [7, 11) is -2.69. The first-order valence-corrected chi connectivity index (χ1v) is 14.5. The Balaban J connectivity index is 1.64. The van der Waals surface area contributed by atoms with Gasteiger partial charge in [-0.25, -0.2) is 13.1 Å². The number of carbonyl (C=O) groups excluding carboxylic acids is 1. The minimum Gasteiger partial charge on any atom is -0.495 e. The molecule has 11 heteroatoms. The number of rotatable bonds is 7. The number of ether oxygens (including phenoxy) is 1. The van der Waals surface area contributed by atoms with Crippen molar-refractivity contribution in [3.8, 4) is 5.75 Å². The van der Waals surface area contributed by atoms with Crippen LogP contribution in [0.3, 0.4) is 0 Å². The molecule has 1 saturated heterocycles. The molecule has 1 heterocycles. The molecule has 1 aliphatic heterocycles. The van der Waals surface area contributed by atoms with E-state index in [0.29, 0.717) is 18.8 Å². The number of nitrogens with one attached hydrogen (secondary N) is 2. The Bertz CT molecular complexity index is 1260. The number of sulfonamides is 1. The van der Waals surface area contributed by atoms with Gasteiger partial charge < -0.3 is 15.0 Å². The van der Waals surface area contributed by atoms with Crippen LogP contribution in [-0.4, -0.2) is 40.6 Å². The third-order valence-electron chi connectivity index (χ3n) is 7.40. The molecule has 2 aliphatic rings. The van der Waals surface area contributed by atoms with E-state index < -0.39 is 27.7 Å². The van der Waals surface area contributed by atoms with Crippen LogP contribution in [0.1, 0.15) is 67.8 Å². The Kier molecular flexibility index (Phi) is 8.56. The van der Waals surface area contributed by atoms with E-state index in [1.165, 1.54) is 31.4 Å². The van der Waals surface area contributed by atoms with E-state index >= 15 is 0 Å². The van der Waals surface area contributed by atoms with Crippen LogP contribution in [0.2, 0.25) is 0 Å². The van der Waals surface area contributed by atoms with Crippen LogP contribution in [0.5, 0.6) is 5.75 Å². The van der Waals surface area contributed by atoms with Crippen molar-refractivity contribution in [1.82, 2.24) is 4.72 Å². The van der Waals surface area contributed by atoms with E-state index in [1.54, 1.807) is 0 Å². The van der Waals surface area contributed by atoms with Crippen molar-refractivity contribution in [2.24, 2.45) is 5.92 Å². The van der Waals surface area contributed by atoms with Crippen molar-refractivity contribution < 1.29 is 31.1 Å². The molecule has 0 aromatic heterocycles. The van der Waals surface area contributed by atoms with Gasteiger partial charge in [-0.1, -0.05) is 19.8 Å². The summed E-state index contributed by atoms with van der Waals surface area (Å²) >= 11 is 0. The molecule has 2 atom stereocenters. The van der Waals surface area contributed by atoms with Gasteiger partial charge in [0.25, 0.3) is 5.91 Å². The normalized spacial score (nSPS) is 20.7. The number of benzene rings is 2. The first-order valence-electron chi connectivity index (χ1n) is 13.0. The molecule has 7 nitrogen and oxygen atoms in total. The molecule has 2 aromatic rings. The van der Waals surface area contributed by atoms with Gasteiger partial charge in [0.1, 0.15) is 10.6 Å². The summed E-state index contributed by atoms with van der Waals surface area (Å²) in [6, 6.07) is 7.06. The standard InChI is InChI=1S/C27H34F3N3O4S/c1-18-8-4-5-9-21(18)32-38(35,36)25-16-19(10-13-24(25)37-2)26(34)31-22-17-20(27(28,29)30)11-12-23(22)33-14-6-3-7-15-33/h10-13,16-18,21,32H,3-9,14-15H2,1-2H3,(H,31,34)/t18-,21+/m1/s1. The van der Waals surface area contributed by atoms with Gasteiger partial charge in [0.15, 0.2) is 0 Å². The van der Waals surface area contributed by atoms with E-state index in [1.807, 2.05) is 11.8 Å². The van der Waals surface area contributed by atoms with Crippen LogP contribution in [0.15, 0.2) is 41.3 Å². The highest BCUT2D eigenvalue weighted by Gasteiger charge is 2.32. The predicted molar refractivity (Wildman–Crippen MR) is 140 cm³/mol. The molecular weight excluding hydrogens is 519 g/mol. The van der Waals surface area contributed by atoms with Gasteiger partial charge in [0, 0.05) is 24.7 Å². The first-order chi connectivity index (χ1) is 18.0. The van der Waals surface area contributed by atoms with Crippen molar-refractivity contribution in [3.05, 3.63) is 47.5 Å². The number of anilines is 2. The smallest absolute Gasteiger partial charge is 0.416 e. The van der Waals surface area contributed by atoms with Crippen molar-refractivity contribution in [3.63, 3.8) is 0 Å². The highest BCUT2D eigenvalue weighted by Crippen LogP contribution is 2.37. The molecule has 0 radical (unpaired) electrons. The first kappa shape index (κ1) is 28.2. The van der Waals surface area contributed by atoms with Gasteiger partial charge >= 0.3 is 6.18 Å². The van der Waals surface area contributed by atoms with Crippen LogP contribution >= 0.6 is 0 Å². The molecule has 1 amide bonds. The average Bonchev–Trinajstić information content (AvgIpc) is 2.89. The van der Waals surface area contributed by atoms with Gasteiger partial charge in [-0.2, -0.15) is 13.2 Å². The molecule has 4 rings (SSSR count). The van der Waals surface area contributed by atoms with Gasteiger partial charge in [-0.15, -0.1) is 0 Å². The monoisotopic (exact) mass is 553 g/mol. The molecule has 0 unspecified atom stereocenters. The minimum absolute atomic E-state index is 0.00938. The van der Waals surface area contributed by atoms with E-state index in [-0.39, 0.29) is 33.9 Å². The maximum absolute atomic E-state index is 13.5. The zero-order chi connectivity index (χ0) is 27.5. The quantitative estimate of drug-likeness (QED) is 0.452. The van der Waals surface area contributed by atoms with Crippen molar-refractivity contribution >= 4 is 27.3 Å². The number of nitrogens with zero attached hydrogens (tertiary/aromatic N) is 1. The maximum Gasteiger partial charge on any atom is 0.416 e. The van der Waals surface area contributed by atoms with Crippen LogP contribution < -0.4 is 19.7 Å². The number of amides is 1. The summed E-state index contributed by atoms with van der Waals surface area (Å²) in [6.45, 7) is 3.34. The zero-order valence-corrected chi connectivity index (χ0v) is 22.4. The number of hydrogen-bond donors (Lipinski definition) is 2. The topological polar surface area (TPSA) is 87.7 Å². The van der Waals surface area contributed by atoms with Crippen LogP contribution in [-0.2, 0) is 16.2 Å². The van der Waals surface area contributed by atoms with E-state index in [4.69, 9.17) is 4.74 Å². The zero-order valence-electron chi connectivity index (χ0n) is 21.6. The predicted octanol–water partition coefficient (Wildman–Crippen LogP) is 5.81. The number of piperidine rings is 1. The third-order valence-corrected chi connectivity index (χ3v) is 8.91. The summed E-state index contributed by atoms with van der Waals surface area (Å²) in [5.41, 5.74) is -0.358.